The molecule has 0 aliphatic heterocycles. The molecule has 0 rings (SSSR count). The quantitative estimate of drug-likeness (QED) is 0.623. The molecular weight excluding hydrogens is 158 g/mol. The first-order chi connectivity index (χ1) is 5.65. The van der Waals surface area contributed by atoms with Crippen LogP contribution in [0.3, 0.4) is 0 Å². The van der Waals surface area contributed by atoms with E-state index in [1.54, 1.807) is 7.05 Å². The number of amides is 1. The molecule has 0 radical (unpaired) electrons. The summed E-state index contributed by atoms with van der Waals surface area (Å²) in [6.45, 7) is 1.86. The van der Waals surface area contributed by atoms with Gasteiger partial charge in [0.1, 0.15) is 0 Å². The maximum Gasteiger partial charge on any atom is 0.306 e. The van der Waals surface area contributed by atoms with E-state index in [4.69, 9.17) is 0 Å². The van der Waals surface area contributed by atoms with Gasteiger partial charge in [-0.2, -0.15) is 0 Å². The Morgan fingerprint density at radius 2 is 2.08 bits per heavy atom. The molecule has 4 heteroatoms. The molecule has 0 unspecified atom stereocenters. The van der Waals surface area contributed by atoms with Gasteiger partial charge in [-0.25, -0.2) is 0 Å². The monoisotopic (exact) mass is 173 g/mol. The average molecular weight is 173 g/mol. The summed E-state index contributed by atoms with van der Waals surface area (Å²) in [5.41, 5.74) is 0. The van der Waals surface area contributed by atoms with Crippen molar-refractivity contribution in [1.29, 1.82) is 0 Å². The fourth-order valence-corrected chi connectivity index (χ4v) is 0.911. The topological polar surface area (TPSA) is 55.4 Å². The lowest BCUT2D eigenvalue weighted by Crippen LogP contribution is -2.28. The SMILES string of the molecule is CC[C@H](CC(=O)OC)C(=O)NC. The van der Waals surface area contributed by atoms with Gasteiger partial charge in [0.05, 0.1) is 13.5 Å². The zero-order valence-corrected chi connectivity index (χ0v) is 7.72. The van der Waals surface area contributed by atoms with Crippen LogP contribution in [-0.2, 0) is 14.3 Å². The molecular formula is C8H15NO3. The molecule has 0 saturated heterocycles. The van der Waals surface area contributed by atoms with Crippen molar-refractivity contribution in [1.82, 2.24) is 5.32 Å². The Bertz CT molecular complexity index is 168. The Hall–Kier alpha value is -1.06. The average Bonchev–Trinajstić information content (AvgIpc) is 2.12. The number of hydrogen-bond donors (Lipinski definition) is 1. The van der Waals surface area contributed by atoms with Crippen LogP contribution in [0.4, 0.5) is 0 Å². The Labute approximate surface area is 72.3 Å². The minimum absolute atomic E-state index is 0.108. The summed E-state index contributed by atoms with van der Waals surface area (Å²) >= 11 is 0. The summed E-state index contributed by atoms with van der Waals surface area (Å²) in [7, 11) is 2.88. The first kappa shape index (κ1) is 10.9. The zero-order valence-electron chi connectivity index (χ0n) is 7.72. The third-order valence-electron chi connectivity index (χ3n) is 1.75. The van der Waals surface area contributed by atoms with E-state index in [1.165, 1.54) is 7.11 Å². The summed E-state index contributed by atoms with van der Waals surface area (Å²) in [6.07, 6.45) is 0.807. The van der Waals surface area contributed by atoms with Crippen LogP contribution in [-0.4, -0.2) is 26.0 Å². The van der Waals surface area contributed by atoms with E-state index in [0.717, 1.165) is 0 Å². The minimum Gasteiger partial charge on any atom is -0.469 e. The number of carbonyl (C=O) groups excluding carboxylic acids is 2. The maximum atomic E-state index is 11.1. The fraction of sp³-hybridized carbons (Fsp3) is 0.750. The number of nitrogens with one attached hydrogen (secondary N) is 1. The Morgan fingerprint density at radius 1 is 1.50 bits per heavy atom. The van der Waals surface area contributed by atoms with Crippen LogP contribution in [0.5, 0.6) is 0 Å². The Balaban J connectivity index is 3.99. The van der Waals surface area contributed by atoms with Crippen molar-refractivity contribution in [2.75, 3.05) is 14.2 Å². The van der Waals surface area contributed by atoms with Crippen LogP contribution in [0, 0.1) is 5.92 Å². The zero-order chi connectivity index (χ0) is 9.56. The number of ether oxygens (including phenoxy) is 1. The van der Waals surface area contributed by atoms with Crippen LogP contribution >= 0.6 is 0 Å². The normalized spacial score (nSPS) is 11.9. The lowest BCUT2D eigenvalue weighted by Gasteiger charge is -2.10. The first-order valence-electron chi connectivity index (χ1n) is 3.94. The van der Waals surface area contributed by atoms with E-state index in [-0.39, 0.29) is 24.2 Å². The van der Waals surface area contributed by atoms with E-state index >= 15 is 0 Å². The lowest BCUT2D eigenvalue weighted by molar-refractivity contribution is -0.144. The number of rotatable bonds is 4. The summed E-state index contributed by atoms with van der Waals surface area (Å²) in [6, 6.07) is 0. The molecule has 1 amide bonds. The van der Waals surface area contributed by atoms with Gasteiger partial charge in [0.25, 0.3) is 0 Å². The van der Waals surface area contributed by atoms with Gasteiger partial charge in [-0.05, 0) is 6.42 Å². The predicted molar refractivity (Wildman–Crippen MR) is 44.5 cm³/mol. The largest absolute Gasteiger partial charge is 0.469 e. The number of carbonyl (C=O) groups is 2. The van der Waals surface area contributed by atoms with E-state index in [9.17, 15) is 9.59 Å². The summed E-state index contributed by atoms with van der Waals surface area (Å²) in [5.74, 6) is -0.712. The second-order valence-electron chi connectivity index (χ2n) is 2.50. The van der Waals surface area contributed by atoms with Gasteiger partial charge in [-0.3, -0.25) is 9.59 Å². The Kier molecular flexibility index (Phi) is 5.08. The van der Waals surface area contributed by atoms with Gasteiger partial charge in [-0.15, -0.1) is 0 Å². The molecule has 1 atom stereocenters. The molecule has 0 aliphatic carbocycles. The van der Waals surface area contributed by atoms with E-state index in [0.29, 0.717) is 6.42 Å². The Morgan fingerprint density at radius 3 is 2.42 bits per heavy atom. The maximum absolute atomic E-state index is 11.1. The first-order valence-corrected chi connectivity index (χ1v) is 3.94. The highest BCUT2D eigenvalue weighted by atomic mass is 16.5. The van der Waals surface area contributed by atoms with Gasteiger partial charge in [-0.1, -0.05) is 6.92 Å². The smallest absolute Gasteiger partial charge is 0.306 e. The van der Waals surface area contributed by atoms with Crippen molar-refractivity contribution in [3.63, 3.8) is 0 Å². The van der Waals surface area contributed by atoms with Crippen LogP contribution in [0.25, 0.3) is 0 Å². The van der Waals surface area contributed by atoms with Crippen LogP contribution in [0.2, 0.25) is 0 Å². The standard InChI is InChI=1S/C8H15NO3/c1-4-6(8(11)9-2)5-7(10)12-3/h6H,4-5H2,1-3H3,(H,9,11)/t6-/m1/s1. The van der Waals surface area contributed by atoms with E-state index in [2.05, 4.69) is 10.1 Å². The van der Waals surface area contributed by atoms with Crippen molar-refractivity contribution >= 4 is 11.9 Å². The van der Waals surface area contributed by atoms with Gasteiger partial charge in [0.2, 0.25) is 5.91 Å². The summed E-state index contributed by atoms with van der Waals surface area (Å²) < 4.78 is 4.46. The van der Waals surface area contributed by atoms with Crippen LogP contribution in [0.15, 0.2) is 0 Å². The summed E-state index contributed by atoms with van der Waals surface area (Å²) in [5, 5.41) is 2.50. The van der Waals surface area contributed by atoms with E-state index < -0.39 is 0 Å². The molecule has 0 fully saturated rings. The molecule has 0 aromatic carbocycles. The van der Waals surface area contributed by atoms with Gasteiger partial charge < -0.3 is 10.1 Å². The molecule has 0 heterocycles. The molecule has 0 aromatic heterocycles. The molecule has 1 N–H and O–H groups in total. The van der Waals surface area contributed by atoms with Crippen molar-refractivity contribution in [3.8, 4) is 0 Å². The third kappa shape index (κ3) is 3.37. The molecule has 70 valence electrons. The molecule has 4 nitrogen and oxygen atoms in total. The van der Waals surface area contributed by atoms with Crippen LogP contribution < -0.4 is 5.32 Å². The number of esters is 1. The van der Waals surface area contributed by atoms with Crippen molar-refractivity contribution in [2.24, 2.45) is 5.92 Å². The lowest BCUT2D eigenvalue weighted by atomic mass is 10.0. The van der Waals surface area contributed by atoms with Crippen molar-refractivity contribution < 1.29 is 14.3 Å². The second-order valence-corrected chi connectivity index (χ2v) is 2.50. The highest BCUT2D eigenvalue weighted by molar-refractivity contribution is 5.83. The molecule has 12 heavy (non-hydrogen) atoms. The van der Waals surface area contributed by atoms with Crippen molar-refractivity contribution in [3.05, 3.63) is 0 Å². The molecule has 0 aromatic rings. The minimum atomic E-state index is -0.342. The second kappa shape index (κ2) is 5.57. The number of hydrogen-bond acceptors (Lipinski definition) is 3. The fourth-order valence-electron chi connectivity index (χ4n) is 0.911. The van der Waals surface area contributed by atoms with Crippen molar-refractivity contribution in [2.45, 2.75) is 19.8 Å². The third-order valence-corrected chi connectivity index (χ3v) is 1.75. The molecule has 0 spiro atoms. The predicted octanol–water partition coefficient (Wildman–Crippen LogP) is 0.322. The molecule has 0 aliphatic rings. The van der Waals surface area contributed by atoms with Gasteiger partial charge in [0, 0.05) is 13.0 Å². The summed E-state index contributed by atoms with van der Waals surface area (Å²) in [4.78, 5) is 21.9. The molecule has 0 bridgehead atoms. The highest BCUT2D eigenvalue weighted by Gasteiger charge is 2.18. The van der Waals surface area contributed by atoms with Crippen LogP contribution in [0.1, 0.15) is 19.8 Å². The number of methoxy groups -OCH3 is 1. The van der Waals surface area contributed by atoms with E-state index in [1.807, 2.05) is 6.92 Å². The van der Waals surface area contributed by atoms with Gasteiger partial charge >= 0.3 is 5.97 Å². The highest BCUT2D eigenvalue weighted by Crippen LogP contribution is 2.08. The molecule has 0 saturated carbocycles. The van der Waals surface area contributed by atoms with Gasteiger partial charge in [0.15, 0.2) is 0 Å².